The van der Waals surface area contributed by atoms with Gasteiger partial charge in [-0.05, 0) is 31.6 Å². The SMILES string of the molecule is CCCCCCCCC(CCC)C(O)CCCO. The third kappa shape index (κ3) is 9.90. The van der Waals surface area contributed by atoms with E-state index >= 15 is 0 Å². The second-order valence-corrected chi connectivity index (χ2v) is 5.54. The Kier molecular flexibility index (Phi) is 13.3. The van der Waals surface area contributed by atoms with Crippen LogP contribution < -0.4 is 0 Å². The Morgan fingerprint density at radius 3 is 2.00 bits per heavy atom. The molecule has 2 unspecified atom stereocenters. The van der Waals surface area contributed by atoms with Gasteiger partial charge in [0.2, 0.25) is 0 Å². The van der Waals surface area contributed by atoms with Crippen LogP contribution >= 0.6 is 0 Å². The molecule has 2 N–H and O–H groups in total. The van der Waals surface area contributed by atoms with Crippen LogP contribution in [-0.2, 0) is 0 Å². The summed E-state index contributed by atoms with van der Waals surface area (Å²) in [6.07, 6.45) is 12.7. The molecule has 0 amide bonds. The molecule has 2 atom stereocenters. The van der Waals surface area contributed by atoms with Crippen LogP contribution in [0, 0.1) is 5.92 Å². The van der Waals surface area contributed by atoms with Gasteiger partial charge in [0.1, 0.15) is 0 Å². The summed E-state index contributed by atoms with van der Waals surface area (Å²) in [5, 5.41) is 18.9. The van der Waals surface area contributed by atoms with E-state index in [4.69, 9.17) is 5.11 Å². The van der Waals surface area contributed by atoms with E-state index in [1.54, 1.807) is 0 Å². The second kappa shape index (κ2) is 13.4. The predicted octanol–water partition coefficient (Wildman–Crippen LogP) is 4.29. The van der Waals surface area contributed by atoms with E-state index in [9.17, 15) is 5.11 Å². The lowest BCUT2D eigenvalue weighted by atomic mass is 9.89. The van der Waals surface area contributed by atoms with E-state index in [0.29, 0.717) is 5.92 Å². The minimum absolute atomic E-state index is 0.201. The summed E-state index contributed by atoms with van der Waals surface area (Å²) in [4.78, 5) is 0. The van der Waals surface area contributed by atoms with Crippen LogP contribution in [0.4, 0.5) is 0 Å². The van der Waals surface area contributed by atoms with E-state index in [0.717, 1.165) is 32.1 Å². The number of hydrogen-bond donors (Lipinski definition) is 2. The van der Waals surface area contributed by atoms with Crippen molar-refractivity contribution in [2.75, 3.05) is 6.61 Å². The Labute approximate surface area is 114 Å². The number of aliphatic hydroxyl groups is 2. The van der Waals surface area contributed by atoms with Crippen LogP contribution in [0.5, 0.6) is 0 Å². The van der Waals surface area contributed by atoms with Gasteiger partial charge in [-0.25, -0.2) is 0 Å². The monoisotopic (exact) mass is 258 g/mol. The Hall–Kier alpha value is -0.0800. The summed E-state index contributed by atoms with van der Waals surface area (Å²) in [5.41, 5.74) is 0. The Morgan fingerprint density at radius 1 is 0.722 bits per heavy atom. The molecule has 0 aliphatic carbocycles. The van der Waals surface area contributed by atoms with Gasteiger partial charge < -0.3 is 10.2 Å². The third-order valence-corrected chi connectivity index (χ3v) is 3.79. The lowest BCUT2D eigenvalue weighted by Crippen LogP contribution is -2.20. The van der Waals surface area contributed by atoms with Gasteiger partial charge in [-0.2, -0.15) is 0 Å². The van der Waals surface area contributed by atoms with Crippen LogP contribution in [0.15, 0.2) is 0 Å². The van der Waals surface area contributed by atoms with Gasteiger partial charge in [0.05, 0.1) is 6.10 Å². The van der Waals surface area contributed by atoms with Crippen molar-refractivity contribution in [2.45, 2.75) is 90.6 Å². The molecule has 0 heterocycles. The fraction of sp³-hybridized carbons (Fsp3) is 1.00. The molecule has 0 saturated heterocycles. The fourth-order valence-corrected chi connectivity index (χ4v) is 2.62. The molecule has 110 valence electrons. The highest BCUT2D eigenvalue weighted by Crippen LogP contribution is 2.22. The molecule has 0 aromatic rings. The van der Waals surface area contributed by atoms with E-state index in [-0.39, 0.29) is 12.7 Å². The first kappa shape index (κ1) is 17.9. The van der Waals surface area contributed by atoms with Crippen molar-refractivity contribution in [3.05, 3.63) is 0 Å². The summed E-state index contributed by atoms with van der Waals surface area (Å²) in [7, 11) is 0. The van der Waals surface area contributed by atoms with E-state index in [2.05, 4.69) is 13.8 Å². The molecule has 0 bridgehead atoms. The van der Waals surface area contributed by atoms with Crippen LogP contribution in [0.1, 0.15) is 84.5 Å². The summed E-state index contributed by atoms with van der Waals surface area (Å²) >= 11 is 0. The quantitative estimate of drug-likeness (QED) is 0.484. The molecule has 0 fully saturated rings. The standard InChI is InChI=1S/C16H34O2/c1-3-5-6-7-8-9-12-15(11-4-2)16(18)13-10-14-17/h15-18H,3-14H2,1-2H3. The normalized spacial score (nSPS) is 14.7. The molecule has 2 heteroatoms. The number of rotatable bonds is 13. The second-order valence-electron chi connectivity index (χ2n) is 5.54. The van der Waals surface area contributed by atoms with Gasteiger partial charge in [0.15, 0.2) is 0 Å². The maximum Gasteiger partial charge on any atom is 0.0569 e. The van der Waals surface area contributed by atoms with Crippen molar-refractivity contribution in [1.29, 1.82) is 0 Å². The molecule has 0 aliphatic rings. The average Bonchev–Trinajstić information content (AvgIpc) is 2.38. The van der Waals surface area contributed by atoms with Crippen molar-refractivity contribution in [2.24, 2.45) is 5.92 Å². The Bertz CT molecular complexity index is 159. The predicted molar refractivity (Wildman–Crippen MR) is 78.7 cm³/mol. The van der Waals surface area contributed by atoms with Crippen LogP contribution in [-0.4, -0.2) is 22.9 Å². The van der Waals surface area contributed by atoms with Crippen molar-refractivity contribution < 1.29 is 10.2 Å². The molecule has 0 aliphatic heterocycles. The van der Waals surface area contributed by atoms with E-state index in [1.807, 2.05) is 0 Å². The van der Waals surface area contributed by atoms with Crippen LogP contribution in [0.25, 0.3) is 0 Å². The minimum Gasteiger partial charge on any atom is -0.396 e. The first-order chi connectivity index (χ1) is 8.76. The molecule has 0 spiro atoms. The molecule has 0 radical (unpaired) electrons. The van der Waals surface area contributed by atoms with Gasteiger partial charge in [0.25, 0.3) is 0 Å². The molecule has 18 heavy (non-hydrogen) atoms. The summed E-state index contributed by atoms with van der Waals surface area (Å²) in [6.45, 7) is 4.63. The highest BCUT2D eigenvalue weighted by atomic mass is 16.3. The highest BCUT2D eigenvalue weighted by Gasteiger charge is 2.17. The first-order valence-corrected chi connectivity index (χ1v) is 8.05. The van der Waals surface area contributed by atoms with E-state index < -0.39 is 0 Å². The molecule has 0 aromatic carbocycles. The topological polar surface area (TPSA) is 40.5 Å². The van der Waals surface area contributed by atoms with Gasteiger partial charge in [-0.15, -0.1) is 0 Å². The number of unbranched alkanes of at least 4 members (excludes halogenated alkanes) is 5. The molecule has 0 aromatic heterocycles. The summed E-state index contributed by atoms with van der Waals surface area (Å²) in [5.74, 6) is 0.452. The Morgan fingerprint density at radius 2 is 1.39 bits per heavy atom. The largest absolute Gasteiger partial charge is 0.396 e. The maximum atomic E-state index is 10.1. The average molecular weight is 258 g/mol. The third-order valence-electron chi connectivity index (χ3n) is 3.79. The molecule has 0 saturated carbocycles. The molecular weight excluding hydrogens is 224 g/mol. The van der Waals surface area contributed by atoms with E-state index in [1.165, 1.54) is 38.5 Å². The van der Waals surface area contributed by atoms with Crippen LogP contribution in [0.3, 0.4) is 0 Å². The summed E-state index contributed by atoms with van der Waals surface area (Å²) < 4.78 is 0. The van der Waals surface area contributed by atoms with Gasteiger partial charge in [0, 0.05) is 6.61 Å². The highest BCUT2D eigenvalue weighted by molar-refractivity contribution is 4.69. The minimum atomic E-state index is -0.201. The van der Waals surface area contributed by atoms with Gasteiger partial charge >= 0.3 is 0 Å². The smallest absolute Gasteiger partial charge is 0.0569 e. The van der Waals surface area contributed by atoms with Crippen molar-refractivity contribution in [1.82, 2.24) is 0 Å². The Balaban J connectivity index is 3.67. The number of aliphatic hydroxyl groups excluding tert-OH is 2. The zero-order valence-corrected chi connectivity index (χ0v) is 12.5. The lowest BCUT2D eigenvalue weighted by Gasteiger charge is -2.22. The molecular formula is C16H34O2. The van der Waals surface area contributed by atoms with Crippen LogP contribution in [0.2, 0.25) is 0 Å². The van der Waals surface area contributed by atoms with Crippen molar-refractivity contribution in [3.8, 4) is 0 Å². The number of hydrogen-bond acceptors (Lipinski definition) is 2. The fourth-order valence-electron chi connectivity index (χ4n) is 2.62. The van der Waals surface area contributed by atoms with Crippen molar-refractivity contribution in [3.63, 3.8) is 0 Å². The maximum absolute atomic E-state index is 10.1. The zero-order chi connectivity index (χ0) is 13.6. The molecule has 0 rings (SSSR count). The van der Waals surface area contributed by atoms with Gasteiger partial charge in [-0.3, -0.25) is 0 Å². The summed E-state index contributed by atoms with van der Waals surface area (Å²) in [6, 6.07) is 0. The van der Waals surface area contributed by atoms with Gasteiger partial charge in [-0.1, -0.05) is 58.8 Å². The molecule has 2 nitrogen and oxygen atoms in total. The lowest BCUT2D eigenvalue weighted by molar-refractivity contribution is 0.0792. The zero-order valence-electron chi connectivity index (χ0n) is 12.5. The van der Waals surface area contributed by atoms with Crippen molar-refractivity contribution >= 4 is 0 Å². The first-order valence-electron chi connectivity index (χ1n) is 8.05.